The van der Waals surface area contributed by atoms with Gasteiger partial charge in [0, 0.05) is 23.6 Å². The fourth-order valence-electron chi connectivity index (χ4n) is 1.62. The van der Waals surface area contributed by atoms with Gasteiger partial charge in [0.2, 0.25) is 0 Å². The maximum absolute atomic E-state index is 11.7. The number of halogens is 1. The van der Waals surface area contributed by atoms with Gasteiger partial charge in [-0.15, -0.1) is 0 Å². The van der Waals surface area contributed by atoms with Crippen molar-refractivity contribution in [2.75, 3.05) is 6.54 Å². The van der Waals surface area contributed by atoms with E-state index in [9.17, 15) is 4.79 Å². The van der Waals surface area contributed by atoms with Crippen LogP contribution in [0.1, 0.15) is 16.8 Å². The van der Waals surface area contributed by atoms with E-state index in [-0.39, 0.29) is 5.78 Å². The van der Waals surface area contributed by atoms with Crippen molar-refractivity contribution in [2.24, 2.45) is 5.73 Å². The van der Waals surface area contributed by atoms with E-state index in [2.05, 4.69) is 4.98 Å². The van der Waals surface area contributed by atoms with Crippen LogP contribution in [0.3, 0.4) is 0 Å². The summed E-state index contributed by atoms with van der Waals surface area (Å²) in [5.74, 6) is 0.0432. The van der Waals surface area contributed by atoms with Gasteiger partial charge in [0.05, 0.1) is 10.5 Å². The third-order valence-electron chi connectivity index (χ3n) is 2.34. The number of hydrogen-bond acceptors (Lipinski definition) is 2. The van der Waals surface area contributed by atoms with Crippen molar-refractivity contribution < 1.29 is 4.79 Å². The molecule has 0 aliphatic rings. The van der Waals surface area contributed by atoms with Gasteiger partial charge < -0.3 is 10.7 Å². The van der Waals surface area contributed by atoms with Gasteiger partial charge in [-0.05, 0) is 12.6 Å². The number of carbonyl (C=O) groups is 1. The number of nitrogens with two attached hydrogens (primary N) is 1. The van der Waals surface area contributed by atoms with Gasteiger partial charge in [0.25, 0.3) is 0 Å². The number of H-pyrrole nitrogens is 1. The molecule has 15 heavy (non-hydrogen) atoms. The number of ketones is 1. The van der Waals surface area contributed by atoms with Crippen molar-refractivity contribution in [2.45, 2.75) is 6.42 Å². The Kier molecular flexibility index (Phi) is 2.75. The van der Waals surface area contributed by atoms with E-state index >= 15 is 0 Å². The Hall–Kier alpha value is -1.32. The molecule has 0 bridgehead atoms. The third kappa shape index (κ3) is 1.76. The van der Waals surface area contributed by atoms with Gasteiger partial charge in [-0.3, -0.25) is 4.79 Å². The summed E-state index contributed by atoms with van der Waals surface area (Å²) >= 11 is 5.96. The molecule has 0 unspecified atom stereocenters. The molecular weight excluding hydrogens is 212 g/mol. The van der Waals surface area contributed by atoms with Crippen molar-refractivity contribution in [3.8, 4) is 0 Å². The fraction of sp³-hybridized carbons (Fsp3) is 0.182. The van der Waals surface area contributed by atoms with Crippen LogP contribution in [0, 0.1) is 0 Å². The van der Waals surface area contributed by atoms with Gasteiger partial charge in [0.1, 0.15) is 0 Å². The first-order valence-corrected chi connectivity index (χ1v) is 5.10. The molecule has 1 aromatic carbocycles. The van der Waals surface area contributed by atoms with Crippen LogP contribution >= 0.6 is 11.6 Å². The number of rotatable bonds is 3. The summed E-state index contributed by atoms with van der Waals surface area (Å²) in [7, 11) is 0. The molecule has 4 heteroatoms. The highest BCUT2D eigenvalue weighted by atomic mass is 35.5. The van der Waals surface area contributed by atoms with Gasteiger partial charge in [-0.25, -0.2) is 0 Å². The highest BCUT2D eigenvalue weighted by molar-refractivity contribution is 6.36. The molecular formula is C11H11ClN2O. The van der Waals surface area contributed by atoms with E-state index in [1.54, 1.807) is 12.3 Å². The predicted molar refractivity (Wildman–Crippen MR) is 61.3 cm³/mol. The lowest BCUT2D eigenvalue weighted by molar-refractivity contribution is 0.0987. The first-order chi connectivity index (χ1) is 7.24. The van der Waals surface area contributed by atoms with Crippen LogP contribution < -0.4 is 5.73 Å². The van der Waals surface area contributed by atoms with E-state index in [1.165, 1.54) is 0 Å². The van der Waals surface area contributed by atoms with Gasteiger partial charge in [-0.1, -0.05) is 23.7 Å². The van der Waals surface area contributed by atoms with Crippen molar-refractivity contribution in [3.05, 3.63) is 35.0 Å². The standard InChI is InChI=1S/C11H11ClN2O/c12-9-6-14-11-7(9)2-1-3-8(11)10(15)4-5-13/h1-3,6,14H,4-5,13H2. The Balaban J connectivity index is 2.56. The highest BCUT2D eigenvalue weighted by Crippen LogP contribution is 2.25. The summed E-state index contributed by atoms with van der Waals surface area (Å²) in [6.07, 6.45) is 2.04. The quantitative estimate of drug-likeness (QED) is 0.784. The summed E-state index contributed by atoms with van der Waals surface area (Å²) in [4.78, 5) is 14.7. The number of nitrogens with one attached hydrogen (secondary N) is 1. The van der Waals surface area contributed by atoms with E-state index in [0.717, 1.165) is 10.9 Å². The largest absolute Gasteiger partial charge is 0.359 e. The van der Waals surface area contributed by atoms with Crippen molar-refractivity contribution in [1.82, 2.24) is 4.98 Å². The Bertz CT molecular complexity index is 504. The van der Waals surface area contributed by atoms with Gasteiger partial charge in [-0.2, -0.15) is 0 Å². The molecule has 0 spiro atoms. The molecule has 2 rings (SSSR count). The number of para-hydroxylation sites is 1. The molecule has 0 saturated heterocycles. The lowest BCUT2D eigenvalue weighted by Gasteiger charge is -2.00. The molecule has 0 saturated carbocycles. The highest BCUT2D eigenvalue weighted by Gasteiger charge is 2.11. The SMILES string of the molecule is NCCC(=O)c1cccc2c(Cl)c[nH]c12. The molecule has 78 valence electrons. The average molecular weight is 223 g/mol. The fourth-order valence-corrected chi connectivity index (χ4v) is 1.83. The average Bonchev–Trinajstić information content (AvgIpc) is 2.61. The van der Waals surface area contributed by atoms with Crippen LogP contribution in [0.5, 0.6) is 0 Å². The van der Waals surface area contributed by atoms with Crippen LogP contribution in [0.15, 0.2) is 24.4 Å². The first kappa shape index (κ1) is 10.2. The number of aromatic amines is 1. The minimum absolute atomic E-state index is 0.0432. The second-order valence-electron chi connectivity index (χ2n) is 3.33. The van der Waals surface area contributed by atoms with Crippen LogP contribution in [0.4, 0.5) is 0 Å². The van der Waals surface area contributed by atoms with Crippen molar-refractivity contribution >= 4 is 28.3 Å². The molecule has 3 N–H and O–H groups in total. The van der Waals surface area contributed by atoms with E-state index < -0.39 is 0 Å². The Morgan fingerprint density at radius 3 is 3.00 bits per heavy atom. The minimum Gasteiger partial charge on any atom is -0.359 e. The maximum Gasteiger partial charge on any atom is 0.166 e. The monoisotopic (exact) mass is 222 g/mol. The topological polar surface area (TPSA) is 58.9 Å². The van der Waals surface area contributed by atoms with Crippen LogP contribution in [-0.4, -0.2) is 17.3 Å². The van der Waals surface area contributed by atoms with Crippen molar-refractivity contribution in [3.63, 3.8) is 0 Å². The Labute approximate surface area is 92.2 Å². The summed E-state index contributed by atoms with van der Waals surface area (Å²) in [5, 5.41) is 1.51. The Morgan fingerprint density at radius 1 is 1.47 bits per heavy atom. The second-order valence-corrected chi connectivity index (χ2v) is 3.73. The molecule has 0 amide bonds. The predicted octanol–water partition coefficient (Wildman–Crippen LogP) is 2.35. The molecule has 0 radical (unpaired) electrons. The summed E-state index contributed by atoms with van der Waals surface area (Å²) in [5.41, 5.74) is 6.81. The minimum atomic E-state index is 0.0432. The van der Waals surface area contributed by atoms with Crippen LogP contribution in [-0.2, 0) is 0 Å². The smallest absolute Gasteiger partial charge is 0.166 e. The zero-order chi connectivity index (χ0) is 10.8. The molecule has 0 aliphatic heterocycles. The molecule has 1 aromatic heterocycles. The molecule has 0 aliphatic carbocycles. The number of benzene rings is 1. The first-order valence-electron chi connectivity index (χ1n) is 4.73. The summed E-state index contributed by atoms with van der Waals surface area (Å²) in [6.45, 7) is 0.365. The zero-order valence-electron chi connectivity index (χ0n) is 8.09. The van der Waals surface area contributed by atoms with E-state index in [0.29, 0.717) is 23.6 Å². The Morgan fingerprint density at radius 2 is 2.27 bits per heavy atom. The number of Topliss-reactive ketones (excluding diaryl/α,β-unsaturated/α-hetero) is 1. The summed E-state index contributed by atoms with van der Waals surface area (Å²) < 4.78 is 0. The number of aromatic nitrogens is 1. The lowest BCUT2D eigenvalue weighted by Crippen LogP contribution is -2.08. The maximum atomic E-state index is 11.7. The van der Waals surface area contributed by atoms with Crippen molar-refractivity contribution in [1.29, 1.82) is 0 Å². The van der Waals surface area contributed by atoms with Gasteiger partial charge >= 0.3 is 0 Å². The van der Waals surface area contributed by atoms with Crippen LogP contribution in [0.2, 0.25) is 5.02 Å². The molecule has 0 atom stereocenters. The molecule has 2 aromatic rings. The third-order valence-corrected chi connectivity index (χ3v) is 2.65. The number of fused-ring (bicyclic) bond motifs is 1. The number of hydrogen-bond donors (Lipinski definition) is 2. The zero-order valence-corrected chi connectivity index (χ0v) is 8.84. The van der Waals surface area contributed by atoms with E-state index in [4.69, 9.17) is 17.3 Å². The molecule has 0 fully saturated rings. The van der Waals surface area contributed by atoms with Crippen LogP contribution in [0.25, 0.3) is 10.9 Å². The van der Waals surface area contributed by atoms with E-state index in [1.807, 2.05) is 12.1 Å². The molecule has 3 nitrogen and oxygen atoms in total. The lowest BCUT2D eigenvalue weighted by atomic mass is 10.1. The second kappa shape index (κ2) is 4.04. The number of carbonyl (C=O) groups excluding carboxylic acids is 1. The van der Waals surface area contributed by atoms with Gasteiger partial charge in [0.15, 0.2) is 5.78 Å². The summed E-state index contributed by atoms with van der Waals surface area (Å²) in [6, 6.07) is 5.49. The normalized spacial score (nSPS) is 10.8. The molecule has 1 heterocycles.